The second-order valence-electron chi connectivity index (χ2n) is 7.47. The molecule has 0 aliphatic carbocycles. The van der Waals surface area contributed by atoms with E-state index in [9.17, 15) is 4.79 Å². The van der Waals surface area contributed by atoms with Gasteiger partial charge in [-0.15, -0.1) is 0 Å². The van der Waals surface area contributed by atoms with Crippen molar-refractivity contribution in [2.45, 2.75) is 26.3 Å². The van der Waals surface area contributed by atoms with Gasteiger partial charge >= 0.3 is 0 Å². The lowest BCUT2D eigenvalue weighted by Gasteiger charge is -2.17. The quantitative estimate of drug-likeness (QED) is 0.638. The number of nitrogens with one attached hydrogen (secondary N) is 2. The average molecular weight is 400 g/mol. The molecule has 0 unspecified atom stereocenters. The van der Waals surface area contributed by atoms with Crippen molar-refractivity contribution in [1.29, 1.82) is 5.41 Å². The van der Waals surface area contributed by atoms with Crippen LogP contribution in [-0.4, -0.2) is 51.8 Å². The van der Waals surface area contributed by atoms with Crippen molar-refractivity contribution < 1.29 is 4.79 Å². The number of benzene rings is 2. The van der Waals surface area contributed by atoms with E-state index in [0.29, 0.717) is 17.8 Å². The van der Waals surface area contributed by atoms with Crippen LogP contribution in [0.3, 0.4) is 0 Å². The molecule has 1 atom stereocenters. The molecule has 1 amide bonds. The summed E-state index contributed by atoms with van der Waals surface area (Å²) in [5.41, 5.74) is 5.45. The van der Waals surface area contributed by atoms with E-state index in [1.54, 1.807) is 19.3 Å². The molecule has 1 aliphatic rings. The third-order valence-corrected chi connectivity index (χ3v) is 5.35. The van der Waals surface area contributed by atoms with E-state index < -0.39 is 0 Å². The van der Waals surface area contributed by atoms with E-state index in [2.05, 4.69) is 15.3 Å². The van der Waals surface area contributed by atoms with E-state index in [1.807, 2.05) is 48.2 Å². The lowest BCUT2D eigenvalue weighted by Crippen LogP contribution is -2.29. The Morgan fingerprint density at radius 3 is 2.80 bits per heavy atom. The number of carbonyl (C=O) groups excluding carboxylic acids is 1. The van der Waals surface area contributed by atoms with Crippen LogP contribution in [0.15, 0.2) is 53.8 Å². The maximum absolute atomic E-state index is 11.6. The number of likely N-dealkylation sites (tertiary alicyclic amines) is 1. The normalized spacial score (nSPS) is 16.7. The van der Waals surface area contributed by atoms with E-state index in [1.165, 1.54) is 6.21 Å². The van der Waals surface area contributed by atoms with E-state index in [0.717, 1.165) is 41.0 Å². The maximum Gasteiger partial charge on any atom is 0.219 e. The summed E-state index contributed by atoms with van der Waals surface area (Å²) in [4.78, 5) is 27.2. The van der Waals surface area contributed by atoms with Crippen molar-refractivity contribution in [3.63, 3.8) is 0 Å². The van der Waals surface area contributed by atoms with Gasteiger partial charge in [-0.3, -0.25) is 14.8 Å². The van der Waals surface area contributed by atoms with Crippen LogP contribution >= 0.6 is 0 Å². The zero-order valence-corrected chi connectivity index (χ0v) is 17.1. The molecule has 2 aromatic carbocycles. The number of aliphatic imine (C=N–C) groups is 1. The number of aromatic nitrogens is 2. The Morgan fingerprint density at radius 1 is 1.27 bits per heavy atom. The highest BCUT2D eigenvalue weighted by Crippen LogP contribution is 2.26. The summed E-state index contributed by atoms with van der Waals surface area (Å²) in [5, 5.41) is 11.5. The van der Waals surface area contributed by atoms with Gasteiger partial charge < -0.3 is 15.6 Å². The van der Waals surface area contributed by atoms with Gasteiger partial charge in [0.25, 0.3) is 0 Å². The minimum atomic E-state index is 0.0980. The van der Waals surface area contributed by atoms with Gasteiger partial charge in [0.2, 0.25) is 5.91 Å². The molecule has 2 heterocycles. The number of rotatable bonds is 5. The largest absolute Gasteiger partial charge is 0.380 e. The molecule has 0 saturated carbocycles. The molecule has 0 spiro atoms. The first kappa shape index (κ1) is 19.7. The minimum absolute atomic E-state index is 0.0980. The lowest BCUT2D eigenvalue weighted by molar-refractivity contribution is -0.127. The molecule has 1 fully saturated rings. The predicted molar refractivity (Wildman–Crippen MR) is 120 cm³/mol. The van der Waals surface area contributed by atoms with E-state index in [4.69, 9.17) is 10.4 Å². The Kier molecular flexibility index (Phi) is 5.52. The van der Waals surface area contributed by atoms with Crippen LogP contribution in [0, 0.1) is 12.3 Å². The summed E-state index contributed by atoms with van der Waals surface area (Å²) in [6, 6.07) is 11.9. The minimum Gasteiger partial charge on any atom is -0.380 e. The van der Waals surface area contributed by atoms with Gasteiger partial charge in [-0.05, 0) is 37.1 Å². The Morgan fingerprint density at radius 2 is 2.07 bits per heavy atom. The third kappa shape index (κ3) is 4.05. The molecule has 4 rings (SSSR count). The van der Waals surface area contributed by atoms with Gasteiger partial charge in [0.05, 0.1) is 22.4 Å². The monoisotopic (exact) mass is 400 g/mol. The molecule has 0 radical (unpaired) electrons. The summed E-state index contributed by atoms with van der Waals surface area (Å²) in [6.07, 6.45) is 5.45. The summed E-state index contributed by atoms with van der Waals surface area (Å²) >= 11 is 0. The van der Waals surface area contributed by atoms with Gasteiger partial charge in [-0.1, -0.05) is 18.2 Å². The van der Waals surface area contributed by atoms with Crippen molar-refractivity contribution in [3.8, 4) is 0 Å². The van der Waals surface area contributed by atoms with Crippen molar-refractivity contribution in [2.75, 3.05) is 18.4 Å². The summed E-state index contributed by atoms with van der Waals surface area (Å²) < 4.78 is 0. The zero-order chi connectivity index (χ0) is 21.1. The molecule has 1 aromatic heterocycles. The number of para-hydroxylation sites is 1. The van der Waals surface area contributed by atoms with Crippen LogP contribution in [0.4, 0.5) is 11.4 Å². The highest BCUT2D eigenvalue weighted by Gasteiger charge is 2.24. The van der Waals surface area contributed by atoms with Crippen LogP contribution in [0.25, 0.3) is 11.0 Å². The zero-order valence-electron chi connectivity index (χ0n) is 17.1. The molecule has 1 saturated heterocycles. The number of nitrogens with zero attached hydrogens (tertiary/aromatic N) is 4. The number of anilines is 1. The molecule has 0 bridgehead atoms. The van der Waals surface area contributed by atoms with Gasteiger partial charge in [0.15, 0.2) is 0 Å². The second-order valence-corrected chi connectivity index (χ2v) is 7.47. The lowest BCUT2D eigenvalue weighted by atomic mass is 10.1. The van der Waals surface area contributed by atoms with Crippen molar-refractivity contribution in [1.82, 2.24) is 14.9 Å². The Balaban J connectivity index is 1.74. The Hall–Kier alpha value is -3.61. The second kappa shape index (κ2) is 8.41. The predicted octanol–water partition coefficient (Wildman–Crippen LogP) is 3.74. The molecule has 152 valence electrons. The fourth-order valence-corrected chi connectivity index (χ4v) is 3.74. The average Bonchev–Trinajstić information content (AvgIpc) is 3.21. The highest BCUT2D eigenvalue weighted by atomic mass is 16.2. The molecular weight excluding hydrogens is 376 g/mol. The van der Waals surface area contributed by atoms with Crippen LogP contribution in [0.5, 0.6) is 0 Å². The SMILES string of the molecule is CC(=O)N1CC[C@H](Nc2cc(C(C=N)=Nc3ccccc3C)c3nccnc3c2)C1. The standard InChI is InChI=1S/C23H24N6O/c1-15-5-3-4-6-20(15)28-22(13-24)19-11-18(12-21-23(19)26-9-8-25-21)27-17-7-10-29(14-17)16(2)30/h3-6,8-9,11-13,17,24,27H,7,10,14H2,1-2H3/t17-/m0/s1. The van der Waals surface area contributed by atoms with Crippen LogP contribution in [-0.2, 0) is 4.79 Å². The number of aryl methyl sites for hydroxylation is 1. The number of hydrogen-bond acceptors (Lipinski definition) is 6. The maximum atomic E-state index is 11.6. The Bertz CT molecular complexity index is 1140. The number of carbonyl (C=O) groups is 1. The molecule has 7 nitrogen and oxygen atoms in total. The molecule has 30 heavy (non-hydrogen) atoms. The number of amides is 1. The third-order valence-electron chi connectivity index (χ3n) is 5.35. The molecular formula is C23H24N6O. The first-order valence-corrected chi connectivity index (χ1v) is 9.97. The van der Waals surface area contributed by atoms with Gasteiger partial charge in [0.1, 0.15) is 0 Å². The summed E-state index contributed by atoms with van der Waals surface area (Å²) in [7, 11) is 0. The molecule has 2 N–H and O–H groups in total. The van der Waals surface area contributed by atoms with Gasteiger partial charge in [-0.25, -0.2) is 4.99 Å². The molecule has 3 aromatic rings. The first-order valence-electron chi connectivity index (χ1n) is 9.97. The fourth-order valence-electron chi connectivity index (χ4n) is 3.74. The molecule has 7 heteroatoms. The summed E-state index contributed by atoms with van der Waals surface area (Å²) in [6.45, 7) is 5.04. The van der Waals surface area contributed by atoms with Gasteiger partial charge in [0, 0.05) is 55.9 Å². The smallest absolute Gasteiger partial charge is 0.219 e. The number of fused-ring (bicyclic) bond motifs is 1. The topological polar surface area (TPSA) is 94.3 Å². The summed E-state index contributed by atoms with van der Waals surface area (Å²) in [5.74, 6) is 0.0980. The highest BCUT2D eigenvalue weighted by molar-refractivity contribution is 6.40. The number of hydrogen-bond donors (Lipinski definition) is 2. The van der Waals surface area contributed by atoms with Crippen molar-refractivity contribution in [3.05, 3.63) is 59.9 Å². The van der Waals surface area contributed by atoms with Crippen molar-refractivity contribution >= 4 is 40.2 Å². The van der Waals surface area contributed by atoms with Gasteiger partial charge in [-0.2, -0.15) is 0 Å². The molecule has 1 aliphatic heterocycles. The van der Waals surface area contributed by atoms with Crippen molar-refractivity contribution in [2.24, 2.45) is 4.99 Å². The van der Waals surface area contributed by atoms with Crippen LogP contribution < -0.4 is 5.32 Å². The Labute approximate surface area is 175 Å². The van der Waals surface area contributed by atoms with Crippen LogP contribution in [0.1, 0.15) is 24.5 Å². The van der Waals surface area contributed by atoms with Crippen LogP contribution in [0.2, 0.25) is 0 Å². The fraction of sp³-hybridized carbons (Fsp3) is 0.261. The van der Waals surface area contributed by atoms with E-state index >= 15 is 0 Å². The first-order chi connectivity index (χ1) is 14.5. The van der Waals surface area contributed by atoms with E-state index in [-0.39, 0.29) is 11.9 Å².